The van der Waals surface area contributed by atoms with Crippen molar-refractivity contribution in [3.63, 3.8) is 0 Å². The quantitative estimate of drug-likeness (QED) is 0.717. The third-order valence-electron chi connectivity index (χ3n) is 5.03. The Labute approximate surface area is 146 Å². The van der Waals surface area contributed by atoms with E-state index in [4.69, 9.17) is 0 Å². The van der Waals surface area contributed by atoms with E-state index < -0.39 is 0 Å². The third kappa shape index (κ3) is 3.26. The molecule has 1 aliphatic heterocycles. The monoisotopic (exact) mass is 341 g/mol. The summed E-state index contributed by atoms with van der Waals surface area (Å²) in [6, 6.07) is 8.13. The van der Waals surface area contributed by atoms with Crippen LogP contribution in [0.15, 0.2) is 29.4 Å². The van der Waals surface area contributed by atoms with Gasteiger partial charge in [-0.25, -0.2) is 4.98 Å². The summed E-state index contributed by atoms with van der Waals surface area (Å²) < 4.78 is 0. The van der Waals surface area contributed by atoms with Crippen molar-refractivity contribution in [1.82, 2.24) is 25.1 Å². The Balaban J connectivity index is 1.37. The topological polar surface area (TPSA) is 57.7 Å². The van der Waals surface area contributed by atoms with Crippen LogP contribution in [0.5, 0.6) is 0 Å². The van der Waals surface area contributed by atoms with Crippen LogP contribution in [0.3, 0.4) is 0 Å². The molecule has 1 saturated heterocycles. The minimum atomic E-state index is 0.762. The van der Waals surface area contributed by atoms with Crippen molar-refractivity contribution in [3.05, 3.63) is 24.3 Å². The van der Waals surface area contributed by atoms with Crippen LogP contribution in [0.25, 0.3) is 22.1 Å². The molecule has 0 aliphatic carbocycles. The van der Waals surface area contributed by atoms with Crippen LogP contribution in [0, 0.1) is 5.92 Å². The van der Waals surface area contributed by atoms with Gasteiger partial charge < -0.3 is 9.88 Å². The van der Waals surface area contributed by atoms with Gasteiger partial charge in [0.05, 0.1) is 0 Å². The lowest BCUT2D eigenvalue weighted by atomic mass is 9.94. The molecule has 1 aromatic carbocycles. The molecule has 3 heterocycles. The number of likely N-dealkylation sites (tertiary alicyclic amines) is 1. The van der Waals surface area contributed by atoms with Gasteiger partial charge in [-0.15, -0.1) is 10.2 Å². The number of para-hydroxylation sites is 1. The van der Waals surface area contributed by atoms with Crippen LogP contribution in [0.1, 0.15) is 26.2 Å². The minimum Gasteiger partial charge on any atom is -0.338 e. The lowest BCUT2D eigenvalue weighted by Gasteiger charge is -2.31. The minimum absolute atomic E-state index is 0.762. The molecule has 4 rings (SSSR count). The summed E-state index contributed by atoms with van der Waals surface area (Å²) in [4.78, 5) is 10.5. The van der Waals surface area contributed by atoms with E-state index in [0.717, 1.165) is 45.4 Å². The van der Waals surface area contributed by atoms with Gasteiger partial charge >= 0.3 is 0 Å². The highest BCUT2D eigenvalue weighted by Gasteiger charge is 2.17. The molecule has 0 saturated carbocycles. The number of H-pyrrole nitrogens is 1. The summed E-state index contributed by atoms with van der Waals surface area (Å²) in [5.41, 5.74) is 2.75. The van der Waals surface area contributed by atoms with Crippen LogP contribution < -0.4 is 0 Å². The van der Waals surface area contributed by atoms with Crippen molar-refractivity contribution >= 4 is 33.8 Å². The number of piperidine rings is 1. The van der Waals surface area contributed by atoms with E-state index in [2.05, 4.69) is 38.1 Å². The standard InChI is InChI=1S/C18H23N5S/c1-2-13-7-9-23(10-8-13)11-12-24-18-20-17-16(21-22-18)14-5-3-4-6-15(14)19-17/h3-6,13H,2,7-12H2,1H3,(H,19,20,22). The van der Waals surface area contributed by atoms with E-state index in [1.165, 1.54) is 32.4 Å². The molecule has 126 valence electrons. The maximum Gasteiger partial charge on any atom is 0.211 e. The summed E-state index contributed by atoms with van der Waals surface area (Å²) in [5, 5.41) is 10.5. The van der Waals surface area contributed by atoms with E-state index in [-0.39, 0.29) is 0 Å². The second-order valence-corrected chi connectivity index (χ2v) is 7.57. The van der Waals surface area contributed by atoms with Crippen LogP contribution in [-0.2, 0) is 0 Å². The summed E-state index contributed by atoms with van der Waals surface area (Å²) >= 11 is 1.70. The second kappa shape index (κ2) is 7.07. The largest absolute Gasteiger partial charge is 0.338 e. The van der Waals surface area contributed by atoms with E-state index in [0.29, 0.717) is 0 Å². The van der Waals surface area contributed by atoms with Crippen molar-refractivity contribution < 1.29 is 0 Å². The van der Waals surface area contributed by atoms with Gasteiger partial charge in [-0.3, -0.25) is 0 Å². The summed E-state index contributed by atoms with van der Waals surface area (Å²) in [5.74, 6) is 1.95. The van der Waals surface area contributed by atoms with Gasteiger partial charge in [0, 0.05) is 23.2 Å². The maximum atomic E-state index is 4.64. The number of benzene rings is 1. The number of thioether (sulfide) groups is 1. The second-order valence-electron chi connectivity index (χ2n) is 6.50. The summed E-state index contributed by atoms with van der Waals surface area (Å²) in [6.07, 6.45) is 4.02. The van der Waals surface area contributed by atoms with Crippen LogP contribution >= 0.6 is 11.8 Å². The average molecular weight is 341 g/mol. The fourth-order valence-corrected chi connectivity index (χ4v) is 4.24. The Morgan fingerprint density at radius 3 is 2.88 bits per heavy atom. The zero-order chi connectivity index (χ0) is 16.4. The van der Waals surface area contributed by atoms with Crippen molar-refractivity contribution in [3.8, 4) is 0 Å². The van der Waals surface area contributed by atoms with Gasteiger partial charge in [0.2, 0.25) is 5.16 Å². The number of hydrogen-bond acceptors (Lipinski definition) is 5. The van der Waals surface area contributed by atoms with Crippen molar-refractivity contribution in [1.29, 1.82) is 0 Å². The number of fused-ring (bicyclic) bond motifs is 3. The molecule has 5 nitrogen and oxygen atoms in total. The molecule has 1 fully saturated rings. The first-order chi connectivity index (χ1) is 11.8. The first-order valence-corrected chi connectivity index (χ1v) is 9.78. The average Bonchev–Trinajstić information content (AvgIpc) is 3.00. The van der Waals surface area contributed by atoms with Crippen LogP contribution in [-0.4, -0.2) is 50.5 Å². The lowest BCUT2D eigenvalue weighted by molar-refractivity contribution is 0.191. The highest BCUT2D eigenvalue weighted by Crippen LogP contribution is 2.24. The Bertz CT molecular complexity index is 823. The van der Waals surface area contributed by atoms with Gasteiger partial charge in [0.1, 0.15) is 5.52 Å². The Morgan fingerprint density at radius 1 is 1.21 bits per heavy atom. The number of hydrogen-bond donors (Lipinski definition) is 1. The van der Waals surface area contributed by atoms with Gasteiger partial charge in [-0.2, -0.15) is 0 Å². The fourth-order valence-electron chi connectivity index (χ4n) is 3.45. The highest BCUT2D eigenvalue weighted by atomic mass is 32.2. The predicted octanol–water partition coefficient (Wildman–Crippen LogP) is 3.72. The Kier molecular flexibility index (Phi) is 4.67. The van der Waals surface area contributed by atoms with Gasteiger partial charge in [-0.1, -0.05) is 43.3 Å². The Hall–Kier alpha value is -1.66. The van der Waals surface area contributed by atoms with Gasteiger partial charge in [-0.05, 0) is 37.9 Å². The van der Waals surface area contributed by atoms with E-state index in [1.807, 2.05) is 18.2 Å². The molecule has 0 spiro atoms. The lowest BCUT2D eigenvalue weighted by Crippen LogP contribution is -2.35. The van der Waals surface area contributed by atoms with E-state index in [1.54, 1.807) is 11.8 Å². The summed E-state index contributed by atoms with van der Waals surface area (Å²) in [6.45, 7) is 5.88. The first kappa shape index (κ1) is 15.8. The van der Waals surface area contributed by atoms with Gasteiger partial charge in [0.15, 0.2) is 5.65 Å². The molecule has 0 bridgehead atoms. The highest BCUT2D eigenvalue weighted by molar-refractivity contribution is 7.99. The van der Waals surface area contributed by atoms with Crippen molar-refractivity contribution in [2.75, 3.05) is 25.4 Å². The normalized spacial score (nSPS) is 17.0. The molecular weight excluding hydrogens is 318 g/mol. The van der Waals surface area contributed by atoms with E-state index >= 15 is 0 Å². The molecule has 3 aromatic rings. The third-order valence-corrected chi connectivity index (χ3v) is 5.84. The fraction of sp³-hybridized carbons (Fsp3) is 0.500. The van der Waals surface area contributed by atoms with Crippen LogP contribution in [0.4, 0.5) is 0 Å². The molecule has 24 heavy (non-hydrogen) atoms. The SMILES string of the molecule is CCC1CCN(CCSc2nnc3c(n2)[nH]c2ccccc23)CC1. The first-order valence-electron chi connectivity index (χ1n) is 8.80. The van der Waals surface area contributed by atoms with Gasteiger partial charge in [0.25, 0.3) is 0 Å². The molecular formula is C18H23N5S. The van der Waals surface area contributed by atoms with E-state index in [9.17, 15) is 0 Å². The maximum absolute atomic E-state index is 4.64. The Morgan fingerprint density at radius 2 is 2.04 bits per heavy atom. The van der Waals surface area contributed by atoms with Crippen molar-refractivity contribution in [2.45, 2.75) is 31.3 Å². The number of nitrogens with zero attached hydrogens (tertiary/aromatic N) is 4. The number of aromatic amines is 1. The molecule has 0 unspecified atom stereocenters. The molecule has 2 aromatic heterocycles. The molecule has 1 N–H and O–H groups in total. The molecule has 6 heteroatoms. The number of nitrogens with one attached hydrogen (secondary N) is 1. The molecule has 0 atom stereocenters. The summed E-state index contributed by atoms with van der Waals surface area (Å²) in [7, 11) is 0. The zero-order valence-corrected chi connectivity index (χ0v) is 14.9. The number of rotatable bonds is 5. The molecule has 0 amide bonds. The molecule has 1 aliphatic rings. The van der Waals surface area contributed by atoms with Crippen LogP contribution in [0.2, 0.25) is 0 Å². The predicted molar refractivity (Wildman–Crippen MR) is 99.4 cm³/mol. The molecule has 0 radical (unpaired) electrons. The van der Waals surface area contributed by atoms with Crippen molar-refractivity contribution in [2.24, 2.45) is 5.92 Å². The smallest absolute Gasteiger partial charge is 0.211 e. The number of aromatic nitrogens is 4. The zero-order valence-electron chi connectivity index (χ0n) is 14.0.